The van der Waals surface area contributed by atoms with Gasteiger partial charge >= 0.3 is 11.9 Å². The molecule has 0 spiro atoms. The molecule has 0 aromatic heterocycles. The second kappa shape index (κ2) is 11.1. The van der Waals surface area contributed by atoms with Crippen molar-refractivity contribution in [1.82, 2.24) is 15.1 Å². The number of nitrogens with zero attached hydrogens (tertiary/aromatic N) is 2. The molecule has 0 unspecified atom stereocenters. The quantitative estimate of drug-likeness (QED) is 0.437. The van der Waals surface area contributed by atoms with Gasteiger partial charge in [-0.25, -0.2) is 9.59 Å². The summed E-state index contributed by atoms with van der Waals surface area (Å²) in [5.41, 5.74) is 0.365. The van der Waals surface area contributed by atoms with Crippen LogP contribution < -0.4 is 14.8 Å². The van der Waals surface area contributed by atoms with E-state index in [-0.39, 0.29) is 23.8 Å². The van der Waals surface area contributed by atoms with Gasteiger partial charge in [0.2, 0.25) is 0 Å². The van der Waals surface area contributed by atoms with Crippen LogP contribution in [0.5, 0.6) is 11.5 Å². The van der Waals surface area contributed by atoms with Crippen molar-refractivity contribution in [3.63, 3.8) is 0 Å². The van der Waals surface area contributed by atoms with Gasteiger partial charge in [0.1, 0.15) is 0 Å². The van der Waals surface area contributed by atoms with Crippen molar-refractivity contribution in [3.8, 4) is 11.5 Å². The predicted molar refractivity (Wildman–Crippen MR) is 111 cm³/mol. The first-order valence-corrected chi connectivity index (χ1v) is 10.5. The summed E-state index contributed by atoms with van der Waals surface area (Å²) in [5, 5.41) is 21.0. The van der Waals surface area contributed by atoms with E-state index in [9.17, 15) is 14.4 Å². The molecule has 0 bridgehead atoms. The molecule has 2 saturated heterocycles. The molecule has 3 N–H and O–H groups in total. The summed E-state index contributed by atoms with van der Waals surface area (Å²) >= 11 is 0. The molecule has 10 heteroatoms. The number of carboxylic acids is 2. The van der Waals surface area contributed by atoms with Crippen LogP contribution in [0, 0.1) is 0 Å². The van der Waals surface area contributed by atoms with E-state index in [1.165, 1.54) is 12.1 Å². The minimum atomic E-state index is -1.19. The lowest BCUT2D eigenvalue weighted by Crippen LogP contribution is -2.53. The topological polar surface area (TPSA) is 129 Å². The Kier molecular flexibility index (Phi) is 8.21. The number of carbonyl (C=O) groups excluding carboxylic acids is 1. The number of nitrogens with one attached hydrogen (secondary N) is 1. The number of rotatable bonds is 10. The molecule has 3 rings (SSSR count). The zero-order chi connectivity index (χ0) is 22.2. The summed E-state index contributed by atoms with van der Waals surface area (Å²) in [6.45, 7) is 4.66. The van der Waals surface area contributed by atoms with Crippen LogP contribution in [-0.2, 0) is 9.59 Å². The van der Waals surface area contributed by atoms with Crippen LogP contribution in [0.2, 0.25) is 0 Å². The number of hydrogen-bond acceptors (Lipinski definition) is 8. The Hall–Kier alpha value is -2.69. The Morgan fingerprint density at radius 3 is 2.16 bits per heavy atom. The van der Waals surface area contributed by atoms with Crippen molar-refractivity contribution >= 4 is 17.7 Å². The van der Waals surface area contributed by atoms with E-state index in [1.807, 2.05) is 0 Å². The molecule has 0 atom stereocenters. The number of benzene rings is 1. The summed E-state index contributed by atoms with van der Waals surface area (Å²) < 4.78 is 10.3. The number of aliphatic carboxylic acids is 2. The van der Waals surface area contributed by atoms with Crippen LogP contribution in [0.15, 0.2) is 18.2 Å². The Bertz CT molecular complexity index is 787. The first kappa shape index (κ1) is 23.0. The maximum absolute atomic E-state index is 12.8. The minimum absolute atomic E-state index is 0.0326. The minimum Gasteiger partial charge on any atom is -0.479 e. The number of Topliss-reactive ketones (excluding diaryl/α,β-unsaturated/α-hetero) is 1. The van der Waals surface area contributed by atoms with Gasteiger partial charge in [0.25, 0.3) is 0 Å². The van der Waals surface area contributed by atoms with Gasteiger partial charge in [0, 0.05) is 37.8 Å². The number of piperazine rings is 1. The van der Waals surface area contributed by atoms with Gasteiger partial charge < -0.3 is 25.0 Å². The number of carboxylic acid groups (broad SMARTS) is 2. The van der Waals surface area contributed by atoms with Crippen LogP contribution in [0.4, 0.5) is 0 Å². The molecular weight excluding hydrogens is 406 g/mol. The SMILES string of the molecule is O=C(O)COc1ccc(C(=O)CN2CCN(C3CCNCC3)CC2)cc1OCC(=O)O. The first-order valence-electron chi connectivity index (χ1n) is 10.5. The van der Waals surface area contributed by atoms with E-state index in [1.54, 1.807) is 6.07 Å². The highest BCUT2D eigenvalue weighted by atomic mass is 16.5. The zero-order valence-electron chi connectivity index (χ0n) is 17.4. The summed E-state index contributed by atoms with van der Waals surface area (Å²) in [6.07, 6.45) is 2.32. The van der Waals surface area contributed by atoms with Gasteiger partial charge in [-0.05, 0) is 44.1 Å². The molecule has 31 heavy (non-hydrogen) atoms. The third kappa shape index (κ3) is 6.91. The van der Waals surface area contributed by atoms with Gasteiger partial charge in [0.05, 0.1) is 6.54 Å². The highest BCUT2D eigenvalue weighted by Crippen LogP contribution is 2.29. The van der Waals surface area contributed by atoms with E-state index in [0.717, 1.165) is 52.1 Å². The summed E-state index contributed by atoms with van der Waals surface area (Å²) in [5.74, 6) is -2.36. The molecule has 0 amide bonds. The number of ether oxygens (including phenoxy) is 2. The Morgan fingerprint density at radius 2 is 1.55 bits per heavy atom. The lowest BCUT2D eigenvalue weighted by molar-refractivity contribution is -0.140. The largest absolute Gasteiger partial charge is 0.479 e. The van der Waals surface area contributed by atoms with Crippen LogP contribution >= 0.6 is 0 Å². The molecule has 0 saturated carbocycles. The molecule has 170 valence electrons. The van der Waals surface area contributed by atoms with E-state index in [4.69, 9.17) is 19.7 Å². The van der Waals surface area contributed by atoms with Crippen LogP contribution in [0.25, 0.3) is 0 Å². The molecule has 0 radical (unpaired) electrons. The molecule has 0 aliphatic carbocycles. The van der Waals surface area contributed by atoms with Crippen LogP contribution in [0.3, 0.4) is 0 Å². The average Bonchev–Trinajstić information content (AvgIpc) is 2.77. The molecule has 2 fully saturated rings. The van der Waals surface area contributed by atoms with E-state index in [0.29, 0.717) is 11.6 Å². The molecular formula is C21H29N3O7. The Labute approximate surface area is 180 Å². The van der Waals surface area contributed by atoms with Crippen molar-refractivity contribution < 1.29 is 34.1 Å². The second-order valence-electron chi connectivity index (χ2n) is 7.74. The molecule has 1 aromatic carbocycles. The van der Waals surface area contributed by atoms with Gasteiger partial charge in [-0.15, -0.1) is 0 Å². The van der Waals surface area contributed by atoms with Gasteiger partial charge in [-0.2, -0.15) is 0 Å². The summed E-state index contributed by atoms with van der Waals surface area (Å²) in [4.78, 5) is 39.0. The standard InChI is InChI=1S/C21H29N3O7/c25-17(12-23-7-9-24(10-8-23)16-3-5-22-6-4-16)15-1-2-18(30-13-20(26)27)19(11-15)31-14-21(28)29/h1-2,11,16,22H,3-10,12-14H2,(H,26,27)(H,28,29). The van der Waals surface area contributed by atoms with E-state index in [2.05, 4.69) is 15.1 Å². The van der Waals surface area contributed by atoms with Crippen molar-refractivity contribution in [2.24, 2.45) is 0 Å². The number of hydrogen-bond donors (Lipinski definition) is 3. The zero-order valence-corrected chi connectivity index (χ0v) is 17.4. The van der Waals surface area contributed by atoms with Crippen molar-refractivity contribution in [3.05, 3.63) is 23.8 Å². The third-order valence-corrected chi connectivity index (χ3v) is 5.57. The fraction of sp³-hybridized carbons (Fsp3) is 0.571. The van der Waals surface area contributed by atoms with Crippen molar-refractivity contribution in [2.75, 3.05) is 59.0 Å². The smallest absolute Gasteiger partial charge is 0.341 e. The fourth-order valence-corrected chi connectivity index (χ4v) is 3.95. The van der Waals surface area contributed by atoms with Crippen LogP contribution in [-0.4, -0.2) is 103 Å². The molecule has 1 aromatic rings. The molecule has 2 heterocycles. The number of piperidine rings is 1. The molecule has 10 nitrogen and oxygen atoms in total. The second-order valence-corrected chi connectivity index (χ2v) is 7.74. The highest BCUT2D eigenvalue weighted by molar-refractivity contribution is 5.98. The monoisotopic (exact) mass is 435 g/mol. The summed E-state index contributed by atoms with van der Waals surface area (Å²) in [7, 11) is 0. The maximum atomic E-state index is 12.8. The van der Waals surface area contributed by atoms with Crippen LogP contribution in [0.1, 0.15) is 23.2 Å². The summed E-state index contributed by atoms with van der Waals surface area (Å²) in [6, 6.07) is 5.00. The lowest BCUT2D eigenvalue weighted by atomic mass is 10.0. The Morgan fingerprint density at radius 1 is 0.935 bits per heavy atom. The average molecular weight is 435 g/mol. The predicted octanol–water partition coefficient (Wildman–Crippen LogP) is 0.166. The molecule has 2 aliphatic heterocycles. The first-order chi connectivity index (χ1) is 14.9. The highest BCUT2D eigenvalue weighted by Gasteiger charge is 2.26. The number of ketones is 1. The molecule has 2 aliphatic rings. The van der Waals surface area contributed by atoms with Crippen molar-refractivity contribution in [1.29, 1.82) is 0 Å². The third-order valence-electron chi connectivity index (χ3n) is 5.57. The maximum Gasteiger partial charge on any atom is 0.341 e. The lowest BCUT2D eigenvalue weighted by Gasteiger charge is -2.40. The van der Waals surface area contributed by atoms with Crippen molar-refractivity contribution in [2.45, 2.75) is 18.9 Å². The fourth-order valence-electron chi connectivity index (χ4n) is 3.95. The van der Waals surface area contributed by atoms with E-state index >= 15 is 0 Å². The normalized spacial score (nSPS) is 18.5. The Balaban J connectivity index is 1.58. The van der Waals surface area contributed by atoms with Gasteiger partial charge in [-0.1, -0.05) is 0 Å². The van der Waals surface area contributed by atoms with Gasteiger partial charge in [-0.3, -0.25) is 14.6 Å². The number of carbonyl (C=O) groups is 3. The van der Waals surface area contributed by atoms with Gasteiger partial charge in [0.15, 0.2) is 30.5 Å². The van der Waals surface area contributed by atoms with E-state index < -0.39 is 25.2 Å².